The Labute approximate surface area is 143 Å². The molecule has 0 unspecified atom stereocenters. The number of aromatic nitrogens is 2. The number of halogens is 2. The maximum Gasteiger partial charge on any atom is 0.229 e. The zero-order valence-corrected chi connectivity index (χ0v) is 13.7. The molecule has 3 aromatic rings. The van der Waals surface area contributed by atoms with Gasteiger partial charge in [-0.3, -0.25) is 0 Å². The lowest BCUT2D eigenvalue weighted by Gasteiger charge is -2.12. The van der Waals surface area contributed by atoms with Gasteiger partial charge in [0.15, 0.2) is 11.6 Å². The summed E-state index contributed by atoms with van der Waals surface area (Å²) >= 11 is 0. The number of ether oxygens (including phenoxy) is 1. The summed E-state index contributed by atoms with van der Waals surface area (Å²) < 4.78 is 31.7. The average Bonchev–Trinajstić information content (AvgIpc) is 2.58. The van der Waals surface area contributed by atoms with Gasteiger partial charge in [0.25, 0.3) is 0 Å². The van der Waals surface area contributed by atoms with Gasteiger partial charge >= 0.3 is 0 Å². The number of aryl methyl sites for hydroxylation is 1. The van der Waals surface area contributed by atoms with E-state index in [1.54, 1.807) is 13.2 Å². The lowest BCUT2D eigenvalue weighted by molar-refractivity contribution is 0.417. The summed E-state index contributed by atoms with van der Waals surface area (Å²) in [6.07, 6.45) is 0. The van der Waals surface area contributed by atoms with Crippen LogP contribution < -0.4 is 15.4 Å². The number of nitrogens with zero attached hydrogens (tertiary/aromatic N) is 2. The Morgan fingerprint density at radius 3 is 2.48 bits per heavy atom. The molecule has 0 spiro atoms. The Morgan fingerprint density at radius 2 is 1.72 bits per heavy atom. The predicted octanol–water partition coefficient (Wildman–Crippen LogP) is 4.56. The molecule has 0 aliphatic rings. The van der Waals surface area contributed by atoms with Gasteiger partial charge in [-0.2, -0.15) is 4.98 Å². The fraction of sp³-hybridized carbons (Fsp3) is 0.111. The lowest BCUT2D eigenvalue weighted by Crippen LogP contribution is -2.03. The molecule has 0 aliphatic carbocycles. The summed E-state index contributed by atoms with van der Waals surface area (Å²) in [6.45, 7) is 1.81. The smallest absolute Gasteiger partial charge is 0.229 e. The van der Waals surface area contributed by atoms with E-state index in [1.165, 1.54) is 6.07 Å². The fourth-order valence-corrected chi connectivity index (χ4v) is 2.28. The van der Waals surface area contributed by atoms with Crippen molar-refractivity contribution in [2.45, 2.75) is 6.92 Å². The van der Waals surface area contributed by atoms with Crippen LogP contribution in [0.3, 0.4) is 0 Å². The van der Waals surface area contributed by atoms with E-state index in [0.717, 1.165) is 17.8 Å². The molecule has 25 heavy (non-hydrogen) atoms. The van der Waals surface area contributed by atoms with E-state index in [2.05, 4.69) is 20.6 Å². The van der Waals surface area contributed by atoms with Crippen LogP contribution in [-0.2, 0) is 0 Å². The van der Waals surface area contributed by atoms with Gasteiger partial charge in [0, 0.05) is 23.5 Å². The maximum absolute atomic E-state index is 13.3. The van der Waals surface area contributed by atoms with Crippen LogP contribution in [0.4, 0.5) is 31.9 Å². The molecule has 0 bridgehead atoms. The van der Waals surface area contributed by atoms with E-state index in [-0.39, 0.29) is 0 Å². The average molecular weight is 342 g/mol. The second-order valence-corrected chi connectivity index (χ2v) is 5.30. The highest BCUT2D eigenvalue weighted by atomic mass is 19.2. The molecule has 2 aromatic carbocycles. The molecule has 5 nitrogen and oxygen atoms in total. The van der Waals surface area contributed by atoms with E-state index in [9.17, 15) is 8.78 Å². The molecule has 3 rings (SSSR count). The number of methoxy groups -OCH3 is 1. The SMILES string of the molecule is COc1ccccc1Nc1nc(C)cc(Nc2ccc(F)c(F)c2)n1. The van der Waals surface area contributed by atoms with E-state index in [1.807, 2.05) is 31.2 Å². The molecule has 1 aromatic heterocycles. The Bertz CT molecular complexity index is 902. The maximum atomic E-state index is 13.3. The van der Waals surface area contributed by atoms with Gasteiger partial charge < -0.3 is 15.4 Å². The molecule has 0 radical (unpaired) electrons. The molecule has 0 saturated carbocycles. The van der Waals surface area contributed by atoms with Crippen molar-refractivity contribution in [3.05, 3.63) is 65.9 Å². The molecule has 128 valence electrons. The summed E-state index contributed by atoms with van der Waals surface area (Å²) in [6, 6.07) is 12.6. The molecule has 2 N–H and O–H groups in total. The molecule has 0 atom stereocenters. The van der Waals surface area contributed by atoms with E-state index < -0.39 is 11.6 Å². The highest BCUT2D eigenvalue weighted by Gasteiger charge is 2.08. The monoisotopic (exact) mass is 342 g/mol. The molecular weight excluding hydrogens is 326 g/mol. The topological polar surface area (TPSA) is 59.1 Å². The summed E-state index contributed by atoms with van der Waals surface area (Å²) in [5.74, 6) is -0.362. The Morgan fingerprint density at radius 1 is 0.920 bits per heavy atom. The van der Waals surface area contributed by atoms with E-state index >= 15 is 0 Å². The van der Waals surface area contributed by atoms with Gasteiger partial charge in [0.2, 0.25) is 5.95 Å². The number of nitrogens with one attached hydrogen (secondary N) is 2. The first-order valence-electron chi connectivity index (χ1n) is 7.53. The predicted molar refractivity (Wildman–Crippen MR) is 92.7 cm³/mol. The van der Waals surface area contributed by atoms with Crippen LogP contribution >= 0.6 is 0 Å². The van der Waals surface area contributed by atoms with Crippen molar-refractivity contribution < 1.29 is 13.5 Å². The second kappa shape index (κ2) is 7.12. The van der Waals surface area contributed by atoms with Gasteiger partial charge in [-0.1, -0.05) is 12.1 Å². The van der Waals surface area contributed by atoms with Crippen molar-refractivity contribution in [3.8, 4) is 5.75 Å². The molecule has 0 aliphatic heterocycles. The Hall–Kier alpha value is -3.22. The van der Waals surface area contributed by atoms with Gasteiger partial charge in [-0.15, -0.1) is 0 Å². The van der Waals surface area contributed by atoms with Gasteiger partial charge in [0.1, 0.15) is 11.6 Å². The zero-order valence-electron chi connectivity index (χ0n) is 13.7. The minimum Gasteiger partial charge on any atom is -0.495 e. The number of hydrogen-bond donors (Lipinski definition) is 2. The molecule has 0 amide bonds. The first kappa shape index (κ1) is 16.6. The number of rotatable bonds is 5. The number of anilines is 4. The summed E-state index contributed by atoms with van der Waals surface area (Å²) in [5.41, 5.74) is 1.81. The molecule has 1 heterocycles. The summed E-state index contributed by atoms with van der Waals surface area (Å²) in [7, 11) is 1.58. The van der Waals surface area contributed by atoms with Crippen LogP contribution in [-0.4, -0.2) is 17.1 Å². The van der Waals surface area contributed by atoms with Crippen LogP contribution in [0.5, 0.6) is 5.75 Å². The first-order valence-corrected chi connectivity index (χ1v) is 7.53. The molecule has 7 heteroatoms. The van der Waals surface area contributed by atoms with Crippen molar-refractivity contribution in [3.63, 3.8) is 0 Å². The third kappa shape index (κ3) is 4.00. The van der Waals surface area contributed by atoms with E-state index in [0.29, 0.717) is 28.9 Å². The molecule has 0 saturated heterocycles. The number of benzene rings is 2. The van der Waals surface area contributed by atoms with Crippen molar-refractivity contribution in [2.24, 2.45) is 0 Å². The summed E-state index contributed by atoms with van der Waals surface area (Å²) in [4.78, 5) is 8.67. The Kier molecular flexibility index (Phi) is 4.74. The third-order valence-electron chi connectivity index (χ3n) is 3.40. The Balaban J connectivity index is 1.86. The van der Waals surface area contributed by atoms with Crippen molar-refractivity contribution in [1.29, 1.82) is 0 Å². The summed E-state index contributed by atoms with van der Waals surface area (Å²) in [5, 5.41) is 6.03. The van der Waals surface area contributed by atoms with Crippen LogP contribution in [0, 0.1) is 18.6 Å². The molecular formula is C18H16F2N4O. The van der Waals surface area contributed by atoms with Gasteiger partial charge in [-0.25, -0.2) is 13.8 Å². The van der Waals surface area contributed by atoms with Crippen LogP contribution in [0.2, 0.25) is 0 Å². The highest BCUT2D eigenvalue weighted by Crippen LogP contribution is 2.26. The number of hydrogen-bond acceptors (Lipinski definition) is 5. The highest BCUT2D eigenvalue weighted by molar-refractivity contribution is 5.64. The first-order chi connectivity index (χ1) is 12.0. The zero-order chi connectivity index (χ0) is 17.8. The number of para-hydroxylation sites is 2. The second-order valence-electron chi connectivity index (χ2n) is 5.30. The fourth-order valence-electron chi connectivity index (χ4n) is 2.28. The third-order valence-corrected chi connectivity index (χ3v) is 3.40. The van der Waals surface area contributed by atoms with Gasteiger partial charge in [0.05, 0.1) is 12.8 Å². The molecule has 0 fully saturated rings. The van der Waals surface area contributed by atoms with Gasteiger partial charge in [-0.05, 0) is 31.2 Å². The van der Waals surface area contributed by atoms with Crippen LogP contribution in [0.1, 0.15) is 5.69 Å². The van der Waals surface area contributed by atoms with Crippen molar-refractivity contribution in [2.75, 3.05) is 17.7 Å². The van der Waals surface area contributed by atoms with Crippen molar-refractivity contribution in [1.82, 2.24) is 9.97 Å². The lowest BCUT2D eigenvalue weighted by atomic mass is 10.3. The minimum atomic E-state index is -0.928. The van der Waals surface area contributed by atoms with Crippen LogP contribution in [0.15, 0.2) is 48.5 Å². The largest absolute Gasteiger partial charge is 0.495 e. The van der Waals surface area contributed by atoms with Crippen molar-refractivity contribution >= 4 is 23.1 Å². The normalized spacial score (nSPS) is 10.4. The minimum absolute atomic E-state index is 0.356. The van der Waals surface area contributed by atoms with Crippen LogP contribution in [0.25, 0.3) is 0 Å². The van der Waals surface area contributed by atoms with E-state index in [4.69, 9.17) is 4.74 Å². The standard InChI is InChI=1S/C18H16F2N4O/c1-11-9-17(22-12-7-8-13(19)14(20)10-12)24-18(21-11)23-15-5-3-4-6-16(15)25-2/h3-10H,1-2H3,(H2,21,22,23,24). The quantitative estimate of drug-likeness (QED) is 0.712.